The van der Waals surface area contributed by atoms with Crippen LogP contribution < -0.4 is 0 Å². The molecule has 0 unspecified atom stereocenters. The van der Waals surface area contributed by atoms with E-state index in [1.54, 1.807) is 0 Å². The van der Waals surface area contributed by atoms with Gasteiger partial charge in [-0.3, -0.25) is 4.55 Å². The first-order chi connectivity index (χ1) is 6.23. The fraction of sp³-hybridized carbons (Fsp3) is 0.250. The summed E-state index contributed by atoms with van der Waals surface area (Å²) in [4.78, 5) is 0. The molecule has 0 saturated heterocycles. The average Bonchev–Trinajstić information content (AvgIpc) is 2.01. The van der Waals surface area contributed by atoms with E-state index >= 15 is 0 Å². The van der Waals surface area contributed by atoms with Gasteiger partial charge in [0.1, 0.15) is 0 Å². The molecular weight excluding hydrogens is 276 g/mol. The molecule has 1 heterocycles. The lowest BCUT2D eigenvalue weighted by molar-refractivity contribution is 0.474. The van der Waals surface area contributed by atoms with Crippen LogP contribution in [0.4, 0.5) is 0 Å². The zero-order chi connectivity index (χ0) is 11.0. The van der Waals surface area contributed by atoms with E-state index in [0.717, 1.165) is 6.20 Å². The van der Waals surface area contributed by atoms with Crippen LogP contribution in [0.3, 0.4) is 0 Å². The molecule has 6 nitrogen and oxygen atoms in total. The van der Waals surface area contributed by atoms with Gasteiger partial charge in [0.05, 0.1) is 11.8 Å². The van der Waals surface area contributed by atoms with Gasteiger partial charge >= 0.3 is 10.1 Å². The fourth-order valence-electron chi connectivity index (χ4n) is 0.644. The van der Waals surface area contributed by atoms with Crippen molar-refractivity contribution in [2.75, 3.05) is 0 Å². The van der Waals surface area contributed by atoms with Crippen molar-refractivity contribution in [3.63, 3.8) is 0 Å². The predicted octanol–water partition coefficient (Wildman–Crippen LogP) is 0.945. The van der Waals surface area contributed by atoms with Crippen molar-refractivity contribution >= 4 is 44.9 Å². The Kier molecular flexibility index (Phi) is 3.17. The average molecular weight is 279 g/mol. The molecule has 0 atom stereocenters. The maximum Gasteiger partial charge on any atom is 0.314 e. The summed E-state index contributed by atoms with van der Waals surface area (Å²) in [6, 6.07) is 0. The topological polar surface area (TPSA) is 93.0 Å². The Labute approximate surface area is 93.9 Å². The second-order valence-electron chi connectivity index (χ2n) is 2.13. The third-order valence-electron chi connectivity index (χ3n) is 1.15. The summed E-state index contributed by atoms with van der Waals surface area (Å²) in [5.74, 6) is 0. The minimum Gasteiger partial charge on any atom is -0.281 e. The normalized spacial score (nSPS) is 12.9. The first-order valence-electron chi connectivity index (χ1n) is 2.96. The van der Waals surface area contributed by atoms with Crippen molar-refractivity contribution in [1.29, 1.82) is 0 Å². The summed E-state index contributed by atoms with van der Waals surface area (Å²) >= 11 is 16.3. The van der Waals surface area contributed by atoms with Crippen LogP contribution >= 0.6 is 34.8 Å². The molecule has 0 aliphatic carbocycles. The smallest absolute Gasteiger partial charge is 0.281 e. The minimum absolute atomic E-state index is 0.361. The first-order valence-corrected chi connectivity index (χ1v) is 5.53. The SMILES string of the molecule is O=S(=O)(O)c1nnncc1C(Cl)(Cl)Cl. The lowest BCUT2D eigenvalue weighted by atomic mass is 10.4. The quantitative estimate of drug-likeness (QED) is 0.607. The fourth-order valence-corrected chi connectivity index (χ4v) is 1.85. The molecular formula is C4H2Cl3N3O3S. The third-order valence-corrected chi connectivity index (χ3v) is 2.56. The van der Waals surface area contributed by atoms with Gasteiger partial charge in [0.25, 0.3) is 0 Å². The summed E-state index contributed by atoms with van der Waals surface area (Å²) in [6.45, 7) is 0. The first kappa shape index (κ1) is 11.9. The third kappa shape index (κ3) is 2.64. The number of nitrogens with zero attached hydrogens (tertiary/aromatic N) is 3. The molecule has 0 saturated carbocycles. The maximum atomic E-state index is 10.7. The van der Waals surface area contributed by atoms with E-state index in [-0.39, 0.29) is 5.56 Å². The molecule has 0 aromatic carbocycles. The highest BCUT2D eigenvalue weighted by atomic mass is 35.6. The van der Waals surface area contributed by atoms with E-state index in [0.29, 0.717) is 0 Å². The monoisotopic (exact) mass is 277 g/mol. The number of aromatic nitrogens is 3. The minimum atomic E-state index is -4.58. The standard InChI is InChI=1S/C4H2Cl3N3O3S/c5-4(6,7)2-1-8-10-9-3(2)14(11,12)13/h1H,(H,11,12,13). The van der Waals surface area contributed by atoms with Crippen molar-refractivity contribution in [3.8, 4) is 0 Å². The molecule has 0 spiro atoms. The van der Waals surface area contributed by atoms with Gasteiger partial charge < -0.3 is 0 Å². The van der Waals surface area contributed by atoms with Crippen molar-refractivity contribution < 1.29 is 13.0 Å². The lowest BCUT2D eigenvalue weighted by Crippen LogP contribution is -2.14. The van der Waals surface area contributed by atoms with E-state index in [4.69, 9.17) is 39.4 Å². The van der Waals surface area contributed by atoms with Crippen LogP contribution in [0, 0.1) is 0 Å². The summed E-state index contributed by atoms with van der Waals surface area (Å²) in [5, 5.41) is 8.48. The zero-order valence-corrected chi connectivity index (χ0v) is 9.31. The van der Waals surface area contributed by atoms with Crippen LogP contribution in [0.25, 0.3) is 0 Å². The van der Waals surface area contributed by atoms with Gasteiger partial charge in [-0.25, -0.2) is 0 Å². The van der Waals surface area contributed by atoms with E-state index < -0.39 is 18.9 Å². The highest BCUT2D eigenvalue weighted by Crippen LogP contribution is 2.39. The van der Waals surface area contributed by atoms with Gasteiger partial charge in [0, 0.05) is 0 Å². The van der Waals surface area contributed by atoms with Crippen molar-refractivity contribution in [2.24, 2.45) is 0 Å². The number of alkyl halides is 3. The Bertz CT molecular complexity index is 443. The largest absolute Gasteiger partial charge is 0.314 e. The summed E-state index contributed by atoms with van der Waals surface area (Å²) in [6.07, 6.45) is 0.892. The van der Waals surface area contributed by atoms with E-state index in [1.807, 2.05) is 0 Å². The number of rotatable bonds is 1. The molecule has 1 aromatic heterocycles. The summed E-state index contributed by atoms with van der Waals surface area (Å²) in [5.41, 5.74) is -0.361. The maximum absolute atomic E-state index is 10.7. The van der Waals surface area contributed by atoms with Crippen LogP contribution in [0.2, 0.25) is 0 Å². The van der Waals surface area contributed by atoms with Crippen LogP contribution in [0.5, 0.6) is 0 Å². The van der Waals surface area contributed by atoms with Crippen LogP contribution in [-0.4, -0.2) is 28.4 Å². The van der Waals surface area contributed by atoms with Crippen molar-refractivity contribution in [2.45, 2.75) is 8.82 Å². The molecule has 1 rings (SSSR count). The molecule has 0 bridgehead atoms. The van der Waals surface area contributed by atoms with E-state index in [2.05, 4.69) is 15.4 Å². The van der Waals surface area contributed by atoms with Crippen LogP contribution in [-0.2, 0) is 13.9 Å². The van der Waals surface area contributed by atoms with Crippen molar-refractivity contribution in [1.82, 2.24) is 15.4 Å². The molecule has 14 heavy (non-hydrogen) atoms. The highest BCUT2D eigenvalue weighted by Gasteiger charge is 2.32. The zero-order valence-electron chi connectivity index (χ0n) is 6.22. The van der Waals surface area contributed by atoms with Crippen molar-refractivity contribution in [3.05, 3.63) is 11.8 Å². The number of hydrogen-bond donors (Lipinski definition) is 1. The van der Waals surface area contributed by atoms with Gasteiger partial charge in [-0.1, -0.05) is 34.8 Å². The Morgan fingerprint density at radius 2 is 1.93 bits per heavy atom. The molecule has 1 N–H and O–H groups in total. The van der Waals surface area contributed by atoms with Gasteiger partial charge in [0.15, 0.2) is 0 Å². The Morgan fingerprint density at radius 3 is 2.29 bits per heavy atom. The van der Waals surface area contributed by atoms with Gasteiger partial charge in [-0.05, 0) is 5.21 Å². The highest BCUT2D eigenvalue weighted by molar-refractivity contribution is 7.85. The second kappa shape index (κ2) is 3.74. The second-order valence-corrected chi connectivity index (χ2v) is 5.74. The van der Waals surface area contributed by atoms with Gasteiger partial charge in [-0.15, -0.1) is 10.2 Å². The van der Waals surface area contributed by atoms with Gasteiger partial charge in [-0.2, -0.15) is 8.42 Å². The number of halogens is 3. The Hall–Kier alpha value is -0.210. The molecule has 78 valence electrons. The molecule has 0 fully saturated rings. The summed E-state index contributed by atoms with van der Waals surface area (Å²) in [7, 11) is -4.58. The molecule has 1 aromatic rings. The number of hydrogen-bond acceptors (Lipinski definition) is 5. The molecule has 0 aliphatic rings. The lowest BCUT2D eigenvalue weighted by Gasteiger charge is -2.11. The predicted molar refractivity (Wildman–Crippen MR) is 48.9 cm³/mol. The Morgan fingerprint density at radius 1 is 1.36 bits per heavy atom. The van der Waals surface area contributed by atoms with Crippen LogP contribution in [0.15, 0.2) is 11.2 Å². The van der Waals surface area contributed by atoms with E-state index in [9.17, 15) is 8.42 Å². The molecule has 0 aliphatic heterocycles. The Balaban J connectivity index is 3.47. The van der Waals surface area contributed by atoms with Crippen LogP contribution in [0.1, 0.15) is 5.56 Å². The van der Waals surface area contributed by atoms with Gasteiger partial charge in [0.2, 0.25) is 8.82 Å². The molecule has 0 radical (unpaired) electrons. The molecule has 10 heteroatoms. The summed E-state index contributed by atoms with van der Waals surface area (Å²) < 4.78 is 28.2. The van der Waals surface area contributed by atoms with E-state index in [1.165, 1.54) is 0 Å². The molecule has 0 amide bonds.